The van der Waals surface area contributed by atoms with E-state index in [1.165, 1.54) is 12.8 Å². The van der Waals surface area contributed by atoms with Crippen molar-refractivity contribution in [2.75, 3.05) is 26.7 Å². The summed E-state index contributed by atoms with van der Waals surface area (Å²) < 4.78 is 0. The molecule has 0 radical (unpaired) electrons. The molecule has 0 amide bonds. The van der Waals surface area contributed by atoms with Gasteiger partial charge in [0.1, 0.15) is 0 Å². The van der Waals surface area contributed by atoms with Gasteiger partial charge in [0.05, 0.1) is 0 Å². The van der Waals surface area contributed by atoms with Crippen LogP contribution in [0, 0.1) is 5.41 Å². The van der Waals surface area contributed by atoms with Gasteiger partial charge < -0.3 is 10.2 Å². The average Bonchev–Trinajstić information content (AvgIpc) is 2.15. The number of hydrogen-bond acceptors (Lipinski definition) is 2. The highest BCUT2D eigenvalue weighted by Gasteiger charge is 2.26. The molecule has 98 valence electrons. The van der Waals surface area contributed by atoms with E-state index in [9.17, 15) is 0 Å². The smallest absolute Gasteiger partial charge is 0.0130 e. The van der Waals surface area contributed by atoms with Crippen LogP contribution in [0.5, 0.6) is 0 Å². The molecule has 0 aliphatic heterocycles. The lowest BCUT2D eigenvalue weighted by Gasteiger charge is -2.35. The monoisotopic (exact) mass is 228 g/mol. The first kappa shape index (κ1) is 15.9. The number of nitrogens with one attached hydrogen (secondary N) is 1. The summed E-state index contributed by atoms with van der Waals surface area (Å²) in [7, 11) is 2.17. The van der Waals surface area contributed by atoms with Crippen molar-refractivity contribution in [3.05, 3.63) is 0 Å². The van der Waals surface area contributed by atoms with Gasteiger partial charge in [-0.3, -0.25) is 0 Å². The molecule has 0 unspecified atom stereocenters. The molecule has 2 nitrogen and oxygen atoms in total. The van der Waals surface area contributed by atoms with E-state index in [4.69, 9.17) is 0 Å². The summed E-state index contributed by atoms with van der Waals surface area (Å²) in [5.41, 5.74) is 0.682. The Hall–Kier alpha value is -0.0800. The lowest BCUT2D eigenvalue weighted by molar-refractivity contribution is 0.209. The summed E-state index contributed by atoms with van der Waals surface area (Å²) in [6.07, 6.45) is 2.47. The third-order valence-corrected chi connectivity index (χ3v) is 3.51. The fourth-order valence-electron chi connectivity index (χ4n) is 2.13. The number of rotatable bonds is 8. The minimum Gasteiger partial charge on any atom is -0.311 e. The van der Waals surface area contributed by atoms with Crippen LogP contribution in [0.1, 0.15) is 54.4 Å². The minimum absolute atomic E-state index is 0.244. The maximum atomic E-state index is 3.67. The van der Waals surface area contributed by atoms with Crippen molar-refractivity contribution in [3.63, 3.8) is 0 Å². The minimum atomic E-state index is 0.244. The van der Waals surface area contributed by atoms with E-state index in [2.05, 4.69) is 58.8 Å². The molecular formula is C14H32N2. The van der Waals surface area contributed by atoms with Crippen LogP contribution in [0.15, 0.2) is 0 Å². The van der Waals surface area contributed by atoms with Gasteiger partial charge in [-0.25, -0.2) is 0 Å². The van der Waals surface area contributed by atoms with Gasteiger partial charge in [0, 0.05) is 18.6 Å². The summed E-state index contributed by atoms with van der Waals surface area (Å²) in [4.78, 5) is 2.34. The molecule has 0 aliphatic carbocycles. The lowest BCUT2D eigenvalue weighted by atomic mass is 9.78. The molecular weight excluding hydrogens is 196 g/mol. The predicted octanol–water partition coefficient (Wildman–Crippen LogP) is 3.13. The molecule has 0 saturated carbocycles. The van der Waals surface area contributed by atoms with Gasteiger partial charge in [-0.1, -0.05) is 34.1 Å². The molecule has 0 aromatic rings. The highest BCUT2D eigenvalue weighted by Crippen LogP contribution is 2.30. The maximum Gasteiger partial charge on any atom is 0.0130 e. The number of nitrogens with zero attached hydrogens (tertiary/aromatic N) is 1. The van der Waals surface area contributed by atoms with Gasteiger partial charge in [-0.05, 0) is 39.3 Å². The Kier molecular flexibility index (Phi) is 6.57. The standard InChI is InChI=1S/C14H32N2/c1-8-13(3,4)12-14(5,6)15-10-11-16(7)9-2/h15H,8-12H2,1-7H3. The Labute approximate surface area is 103 Å². The summed E-state index contributed by atoms with van der Waals surface area (Å²) in [5, 5.41) is 3.67. The highest BCUT2D eigenvalue weighted by atomic mass is 15.1. The Bertz CT molecular complexity index is 185. The van der Waals surface area contributed by atoms with E-state index in [-0.39, 0.29) is 5.54 Å². The van der Waals surface area contributed by atoms with E-state index in [0.29, 0.717) is 5.41 Å². The quantitative estimate of drug-likeness (QED) is 0.686. The predicted molar refractivity (Wildman–Crippen MR) is 73.9 cm³/mol. The average molecular weight is 228 g/mol. The Balaban J connectivity index is 3.96. The molecule has 0 aromatic heterocycles. The zero-order valence-corrected chi connectivity index (χ0v) is 12.5. The van der Waals surface area contributed by atoms with Gasteiger partial charge in [0.15, 0.2) is 0 Å². The van der Waals surface area contributed by atoms with Crippen LogP contribution < -0.4 is 5.32 Å². The van der Waals surface area contributed by atoms with Crippen molar-refractivity contribution in [3.8, 4) is 0 Å². The second-order valence-corrected chi connectivity index (χ2v) is 6.40. The largest absolute Gasteiger partial charge is 0.311 e. The summed E-state index contributed by atoms with van der Waals surface area (Å²) >= 11 is 0. The number of likely N-dealkylation sites (N-methyl/N-ethyl adjacent to an activating group) is 1. The second kappa shape index (κ2) is 6.61. The van der Waals surface area contributed by atoms with Crippen molar-refractivity contribution in [2.45, 2.75) is 59.9 Å². The van der Waals surface area contributed by atoms with Crippen molar-refractivity contribution < 1.29 is 0 Å². The highest BCUT2D eigenvalue weighted by molar-refractivity contribution is 4.84. The third-order valence-electron chi connectivity index (χ3n) is 3.51. The molecule has 0 rings (SSSR count). The molecule has 16 heavy (non-hydrogen) atoms. The Morgan fingerprint density at radius 1 is 1.06 bits per heavy atom. The number of hydrogen-bond donors (Lipinski definition) is 1. The van der Waals surface area contributed by atoms with Gasteiger partial charge in [0.25, 0.3) is 0 Å². The fourth-order valence-corrected chi connectivity index (χ4v) is 2.13. The first-order chi connectivity index (χ1) is 7.22. The van der Waals surface area contributed by atoms with E-state index in [0.717, 1.165) is 19.6 Å². The zero-order chi connectivity index (χ0) is 12.8. The zero-order valence-electron chi connectivity index (χ0n) is 12.5. The SMILES string of the molecule is CCN(C)CCNC(C)(C)CC(C)(C)CC. The molecule has 0 aliphatic rings. The van der Waals surface area contributed by atoms with E-state index in [1.54, 1.807) is 0 Å². The van der Waals surface area contributed by atoms with Gasteiger partial charge in [-0.2, -0.15) is 0 Å². The third kappa shape index (κ3) is 7.24. The van der Waals surface area contributed by atoms with Crippen LogP contribution in [0.3, 0.4) is 0 Å². The fraction of sp³-hybridized carbons (Fsp3) is 1.00. The first-order valence-electron chi connectivity index (χ1n) is 6.66. The molecule has 1 N–H and O–H groups in total. The molecule has 0 aromatic carbocycles. The molecule has 0 saturated heterocycles. The van der Waals surface area contributed by atoms with E-state index in [1.807, 2.05) is 0 Å². The van der Waals surface area contributed by atoms with Crippen molar-refractivity contribution in [1.82, 2.24) is 10.2 Å². The second-order valence-electron chi connectivity index (χ2n) is 6.40. The van der Waals surface area contributed by atoms with Crippen molar-refractivity contribution >= 4 is 0 Å². The molecule has 2 heteroatoms. The van der Waals surface area contributed by atoms with Crippen LogP contribution in [0.4, 0.5) is 0 Å². The van der Waals surface area contributed by atoms with Crippen LogP contribution in [-0.4, -0.2) is 37.1 Å². The summed E-state index contributed by atoms with van der Waals surface area (Å²) in [6, 6.07) is 0. The molecule has 0 atom stereocenters. The van der Waals surface area contributed by atoms with Crippen LogP contribution in [0.2, 0.25) is 0 Å². The maximum absolute atomic E-state index is 3.67. The summed E-state index contributed by atoms with van der Waals surface area (Å²) in [5.74, 6) is 0. The molecule has 0 bridgehead atoms. The van der Waals surface area contributed by atoms with Gasteiger partial charge >= 0.3 is 0 Å². The molecule has 0 fully saturated rings. The Morgan fingerprint density at radius 3 is 2.06 bits per heavy atom. The van der Waals surface area contributed by atoms with Crippen molar-refractivity contribution in [1.29, 1.82) is 0 Å². The summed E-state index contributed by atoms with van der Waals surface area (Å²) in [6.45, 7) is 17.2. The van der Waals surface area contributed by atoms with Crippen LogP contribution in [-0.2, 0) is 0 Å². The van der Waals surface area contributed by atoms with Crippen LogP contribution >= 0.6 is 0 Å². The van der Waals surface area contributed by atoms with Crippen LogP contribution in [0.25, 0.3) is 0 Å². The van der Waals surface area contributed by atoms with Gasteiger partial charge in [0.2, 0.25) is 0 Å². The van der Waals surface area contributed by atoms with E-state index >= 15 is 0 Å². The Morgan fingerprint density at radius 2 is 1.62 bits per heavy atom. The topological polar surface area (TPSA) is 15.3 Å². The lowest BCUT2D eigenvalue weighted by Crippen LogP contribution is -2.45. The van der Waals surface area contributed by atoms with E-state index < -0.39 is 0 Å². The normalized spacial score (nSPS) is 13.5. The van der Waals surface area contributed by atoms with Gasteiger partial charge in [-0.15, -0.1) is 0 Å². The first-order valence-corrected chi connectivity index (χ1v) is 6.66. The molecule has 0 spiro atoms. The molecule has 0 heterocycles. The van der Waals surface area contributed by atoms with Crippen molar-refractivity contribution in [2.24, 2.45) is 5.41 Å².